The maximum atomic E-state index is 10.6. The Kier molecular flexibility index (Phi) is 2.62. The lowest BCUT2D eigenvalue weighted by Crippen LogP contribution is -2.23. The molecular formula is C7H9NO2S. The van der Waals surface area contributed by atoms with Gasteiger partial charge in [0.25, 0.3) is 0 Å². The molecule has 4 heteroatoms. The fraction of sp³-hybridized carbons (Fsp3) is 0.286. The minimum Gasteiger partial charge on any atom is -0.480 e. The van der Waals surface area contributed by atoms with Gasteiger partial charge in [0.05, 0.1) is 0 Å². The lowest BCUT2D eigenvalue weighted by Gasteiger charge is -2.07. The molecule has 0 aliphatic heterocycles. The quantitative estimate of drug-likeness (QED) is 0.715. The van der Waals surface area contributed by atoms with Crippen molar-refractivity contribution in [2.75, 3.05) is 7.05 Å². The predicted molar refractivity (Wildman–Crippen MR) is 43.8 cm³/mol. The summed E-state index contributed by atoms with van der Waals surface area (Å²) in [6, 6.07) is 3.09. The van der Waals surface area contributed by atoms with Gasteiger partial charge in [-0.1, -0.05) is 6.07 Å². The molecule has 1 rings (SSSR count). The van der Waals surface area contributed by atoms with Gasteiger partial charge in [0.1, 0.15) is 6.04 Å². The lowest BCUT2D eigenvalue weighted by atomic mass is 10.2. The van der Waals surface area contributed by atoms with Crippen molar-refractivity contribution < 1.29 is 9.90 Å². The van der Waals surface area contributed by atoms with Crippen LogP contribution in [0.4, 0.5) is 0 Å². The normalized spacial score (nSPS) is 12.8. The Morgan fingerprint density at radius 2 is 2.55 bits per heavy atom. The summed E-state index contributed by atoms with van der Waals surface area (Å²) >= 11 is 1.44. The van der Waals surface area contributed by atoms with Crippen molar-refractivity contribution in [2.45, 2.75) is 6.04 Å². The fourth-order valence-corrected chi connectivity index (χ4v) is 1.67. The molecule has 0 saturated heterocycles. The molecule has 0 aliphatic carbocycles. The van der Waals surface area contributed by atoms with Gasteiger partial charge in [-0.2, -0.15) is 0 Å². The molecule has 1 aromatic heterocycles. The molecule has 60 valence electrons. The molecule has 0 aliphatic rings. The van der Waals surface area contributed by atoms with E-state index in [0.717, 1.165) is 4.88 Å². The maximum absolute atomic E-state index is 10.6. The van der Waals surface area contributed by atoms with E-state index in [-0.39, 0.29) is 0 Å². The van der Waals surface area contributed by atoms with E-state index in [1.807, 2.05) is 11.4 Å². The van der Waals surface area contributed by atoms with Gasteiger partial charge >= 0.3 is 5.97 Å². The van der Waals surface area contributed by atoms with Crippen LogP contribution in [0.2, 0.25) is 0 Å². The summed E-state index contributed by atoms with van der Waals surface area (Å²) in [7, 11) is 1.64. The number of hydrogen-bond acceptors (Lipinski definition) is 3. The Hall–Kier alpha value is -0.870. The molecule has 0 amide bonds. The van der Waals surface area contributed by atoms with Crippen LogP contribution in [0, 0.1) is 0 Å². The van der Waals surface area contributed by atoms with E-state index in [2.05, 4.69) is 5.32 Å². The number of likely N-dealkylation sites (N-methyl/N-ethyl adjacent to an activating group) is 1. The van der Waals surface area contributed by atoms with Crippen LogP contribution >= 0.6 is 11.3 Å². The lowest BCUT2D eigenvalue weighted by molar-refractivity contribution is -0.139. The van der Waals surface area contributed by atoms with Crippen LogP contribution in [0.1, 0.15) is 10.9 Å². The van der Waals surface area contributed by atoms with Crippen molar-refractivity contribution >= 4 is 17.3 Å². The van der Waals surface area contributed by atoms with Crippen LogP contribution in [-0.2, 0) is 4.79 Å². The molecule has 0 unspecified atom stereocenters. The SMILES string of the molecule is CN[C@@H](C(=O)O)c1cccs1. The van der Waals surface area contributed by atoms with Gasteiger partial charge in [0.15, 0.2) is 0 Å². The number of aliphatic carboxylic acids is 1. The molecule has 3 nitrogen and oxygen atoms in total. The molecule has 1 atom stereocenters. The number of carbonyl (C=O) groups is 1. The highest BCUT2D eigenvalue weighted by Crippen LogP contribution is 2.18. The van der Waals surface area contributed by atoms with Crippen molar-refractivity contribution in [3.05, 3.63) is 22.4 Å². The van der Waals surface area contributed by atoms with Gasteiger partial charge in [-0.05, 0) is 18.5 Å². The first-order valence-corrected chi connectivity index (χ1v) is 4.07. The molecule has 0 fully saturated rings. The molecule has 11 heavy (non-hydrogen) atoms. The van der Waals surface area contributed by atoms with Crippen LogP contribution in [0.25, 0.3) is 0 Å². The second kappa shape index (κ2) is 3.50. The average molecular weight is 171 g/mol. The molecule has 2 N–H and O–H groups in total. The minimum absolute atomic E-state index is 0.560. The molecular weight excluding hydrogens is 162 g/mol. The summed E-state index contributed by atoms with van der Waals surface area (Å²) < 4.78 is 0. The highest BCUT2D eigenvalue weighted by Gasteiger charge is 2.17. The summed E-state index contributed by atoms with van der Waals surface area (Å²) in [6.07, 6.45) is 0. The first-order chi connectivity index (χ1) is 5.25. The number of thiophene rings is 1. The van der Waals surface area contributed by atoms with Crippen molar-refractivity contribution in [3.63, 3.8) is 0 Å². The second-order valence-corrected chi connectivity index (χ2v) is 3.05. The third-order valence-electron chi connectivity index (χ3n) is 1.36. The van der Waals surface area contributed by atoms with Crippen LogP contribution in [0.3, 0.4) is 0 Å². The van der Waals surface area contributed by atoms with E-state index in [0.29, 0.717) is 0 Å². The summed E-state index contributed by atoms with van der Waals surface area (Å²) in [4.78, 5) is 11.4. The van der Waals surface area contributed by atoms with Crippen LogP contribution in [0.15, 0.2) is 17.5 Å². The molecule has 1 aromatic rings. The van der Waals surface area contributed by atoms with Crippen molar-refractivity contribution in [1.82, 2.24) is 5.32 Å². The number of carboxylic acids is 1. The highest BCUT2D eigenvalue weighted by atomic mass is 32.1. The monoisotopic (exact) mass is 171 g/mol. The van der Waals surface area contributed by atoms with E-state index in [4.69, 9.17) is 5.11 Å². The Morgan fingerprint density at radius 3 is 2.91 bits per heavy atom. The zero-order chi connectivity index (χ0) is 8.27. The van der Waals surface area contributed by atoms with E-state index in [1.165, 1.54) is 11.3 Å². The number of hydrogen-bond donors (Lipinski definition) is 2. The summed E-state index contributed by atoms with van der Waals surface area (Å²) in [5.41, 5.74) is 0. The largest absolute Gasteiger partial charge is 0.480 e. The Balaban J connectivity index is 2.79. The van der Waals surface area contributed by atoms with Crippen molar-refractivity contribution in [1.29, 1.82) is 0 Å². The molecule has 0 aromatic carbocycles. The molecule has 0 bridgehead atoms. The Morgan fingerprint density at radius 1 is 1.82 bits per heavy atom. The minimum atomic E-state index is -0.838. The highest BCUT2D eigenvalue weighted by molar-refractivity contribution is 7.10. The zero-order valence-corrected chi connectivity index (χ0v) is 6.89. The van der Waals surface area contributed by atoms with E-state index < -0.39 is 12.0 Å². The Labute approximate surface area is 68.7 Å². The van der Waals surface area contributed by atoms with E-state index in [1.54, 1.807) is 13.1 Å². The first-order valence-electron chi connectivity index (χ1n) is 3.19. The third kappa shape index (κ3) is 1.78. The molecule has 1 heterocycles. The zero-order valence-electron chi connectivity index (χ0n) is 6.07. The number of nitrogens with one attached hydrogen (secondary N) is 1. The number of carboxylic acid groups (broad SMARTS) is 1. The standard InChI is InChI=1S/C7H9NO2S/c1-8-6(7(9)10)5-3-2-4-11-5/h2-4,6,8H,1H3,(H,9,10)/t6-/m1/s1. The summed E-state index contributed by atoms with van der Waals surface area (Å²) in [5, 5.41) is 13.3. The van der Waals surface area contributed by atoms with Gasteiger partial charge in [-0.15, -0.1) is 11.3 Å². The van der Waals surface area contributed by atoms with Crippen molar-refractivity contribution in [3.8, 4) is 0 Å². The second-order valence-electron chi connectivity index (χ2n) is 2.08. The van der Waals surface area contributed by atoms with Crippen LogP contribution in [0.5, 0.6) is 0 Å². The average Bonchev–Trinajstić information content (AvgIpc) is 2.40. The van der Waals surface area contributed by atoms with E-state index >= 15 is 0 Å². The van der Waals surface area contributed by atoms with Crippen LogP contribution < -0.4 is 5.32 Å². The Bertz CT molecular complexity index is 233. The van der Waals surface area contributed by atoms with Crippen molar-refractivity contribution in [2.24, 2.45) is 0 Å². The summed E-state index contributed by atoms with van der Waals surface area (Å²) in [6.45, 7) is 0. The van der Waals surface area contributed by atoms with Gasteiger partial charge in [-0.25, -0.2) is 0 Å². The van der Waals surface area contributed by atoms with Crippen LogP contribution in [-0.4, -0.2) is 18.1 Å². The smallest absolute Gasteiger partial charge is 0.326 e. The number of rotatable bonds is 3. The molecule has 0 spiro atoms. The van der Waals surface area contributed by atoms with E-state index in [9.17, 15) is 4.79 Å². The predicted octanol–water partition coefficient (Wildman–Crippen LogP) is 1.09. The van der Waals surface area contributed by atoms with Gasteiger partial charge < -0.3 is 10.4 Å². The van der Waals surface area contributed by atoms with Gasteiger partial charge in [0, 0.05) is 4.88 Å². The van der Waals surface area contributed by atoms with Gasteiger partial charge in [-0.3, -0.25) is 4.79 Å². The first kappa shape index (κ1) is 8.23. The molecule has 0 saturated carbocycles. The molecule has 0 radical (unpaired) electrons. The topological polar surface area (TPSA) is 49.3 Å². The third-order valence-corrected chi connectivity index (χ3v) is 2.30. The maximum Gasteiger partial charge on any atom is 0.326 e. The fourth-order valence-electron chi connectivity index (χ4n) is 0.843. The summed E-state index contributed by atoms with van der Waals surface area (Å²) in [5.74, 6) is -0.838. The van der Waals surface area contributed by atoms with Gasteiger partial charge in [0.2, 0.25) is 0 Å².